The Morgan fingerprint density at radius 1 is 1.16 bits per heavy atom. The molecule has 2 atom stereocenters. The summed E-state index contributed by atoms with van der Waals surface area (Å²) in [7, 11) is 0. The quantitative estimate of drug-likeness (QED) is 0.890. The van der Waals surface area contributed by atoms with Gasteiger partial charge in [0.05, 0.1) is 6.10 Å². The van der Waals surface area contributed by atoms with Crippen LogP contribution >= 0.6 is 17.0 Å². The third kappa shape index (κ3) is 3.80. The molecule has 0 heterocycles. The fourth-order valence-electron chi connectivity index (χ4n) is 3.12. The summed E-state index contributed by atoms with van der Waals surface area (Å²) in [6.07, 6.45) is 4.18. The number of hydrogen-bond acceptors (Lipinski definition) is 2. The number of hydrogen-bond donors (Lipinski definition) is 1. The minimum absolute atomic E-state index is 0. The topological polar surface area (TPSA) is 23.5 Å². The number of aryl methyl sites for hydroxylation is 1. The fraction of sp³-hybridized carbons (Fsp3) is 0.625. The van der Waals surface area contributed by atoms with Crippen LogP contribution in [-0.2, 0) is 6.42 Å². The number of benzene rings is 1. The number of halogens is 1. The highest BCUT2D eigenvalue weighted by atomic mass is 79.9. The molecule has 0 aliphatic heterocycles. The average Bonchev–Trinajstić information content (AvgIpc) is 2.39. The Hall–Kier alpha value is -0.380. The summed E-state index contributed by atoms with van der Waals surface area (Å²) < 4.78 is 0. The summed E-state index contributed by atoms with van der Waals surface area (Å²) in [5.74, 6) is 0. The fourth-order valence-corrected chi connectivity index (χ4v) is 3.12. The van der Waals surface area contributed by atoms with Gasteiger partial charge in [0.2, 0.25) is 0 Å². The molecule has 0 saturated carbocycles. The zero-order valence-electron chi connectivity index (χ0n) is 12.0. The first-order chi connectivity index (χ1) is 8.77. The van der Waals surface area contributed by atoms with Crippen molar-refractivity contribution in [3.05, 3.63) is 35.4 Å². The molecule has 0 bridgehead atoms. The second kappa shape index (κ2) is 8.03. The van der Waals surface area contributed by atoms with Crippen molar-refractivity contribution in [1.29, 1.82) is 0 Å². The molecule has 2 rings (SSSR count). The third-order valence-electron chi connectivity index (χ3n) is 3.94. The van der Waals surface area contributed by atoms with Crippen LogP contribution in [0.1, 0.15) is 50.3 Å². The maximum absolute atomic E-state index is 10.6. The van der Waals surface area contributed by atoms with Gasteiger partial charge >= 0.3 is 0 Å². The highest BCUT2D eigenvalue weighted by molar-refractivity contribution is 8.93. The minimum atomic E-state index is -0.312. The average molecular weight is 328 g/mol. The summed E-state index contributed by atoms with van der Waals surface area (Å²) in [5, 5.41) is 10.6. The van der Waals surface area contributed by atoms with Gasteiger partial charge in [-0.3, -0.25) is 4.90 Å². The molecule has 0 spiro atoms. The zero-order valence-corrected chi connectivity index (χ0v) is 13.7. The molecule has 0 radical (unpaired) electrons. The molecule has 19 heavy (non-hydrogen) atoms. The van der Waals surface area contributed by atoms with Crippen molar-refractivity contribution >= 4 is 17.0 Å². The van der Waals surface area contributed by atoms with Gasteiger partial charge < -0.3 is 5.11 Å². The smallest absolute Gasteiger partial charge is 0.0947 e. The Bertz CT molecular complexity index is 377. The van der Waals surface area contributed by atoms with E-state index in [0.29, 0.717) is 6.04 Å². The largest absolute Gasteiger partial charge is 0.387 e. The molecule has 2 nitrogen and oxygen atoms in total. The van der Waals surface area contributed by atoms with Gasteiger partial charge in [0.1, 0.15) is 0 Å². The Kier molecular flexibility index (Phi) is 7.05. The first-order valence-electron chi connectivity index (χ1n) is 7.27. The summed E-state index contributed by atoms with van der Waals surface area (Å²) in [5.41, 5.74) is 2.47. The highest BCUT2D eigenvalue weighted by Gasteiger charge is 2.31. The predicted molar refractivity (Wildman–Crippen MR) is 86.0 cm³/mol. The van der Waals surface area contributed by atoms with E-state index in [1.54, 1.807) is 0 Å². The van der Waals surface area contributed by atoms with Crippen molar-refractivity contribution < 1.29 is 5.11 Å². The van der Waals surface area contributed by atoms with Crippen molar-refractivity contribution in [3.63, 3.8) is 0 Å². The molecule has 3 heteroatoms. The molecule has 0 amide bonds. The van der Waals surface area contributed by atoms with E-state index in [-0.39, 0.29) is 23.1 Å². The molecular formula is C16H26BrNO. The van der Waals surface area contributed by atoms with Crippen molar-refractivity contribution in [2.24, 2.45) is 0 Å². The number of rotatable bonds is 5. The summed E-state index contributed by atoms with van der Waals surface area (Å²) in [6, 6.07) is 8.65. The lowest BCUT2D eigenvalue weighted by molar-refractivity contribution is 0.0358. The van der Waals surface area contributed by atoms with Crippen LogP contribution in [-0.4, -0.2) is 29.1 Å². The van der Waals surface area contributed by atoms with Crippen molar-refractivity contribution in [1.82, 2.24) is 4.90 Å². The molecule has 1 aliphatic rings. The Morgan fingerprint density at radius 3 is 2.42 bits per heavy atom. The lowest BCUT2D eigenvalue weighted by Crippen LogP contribution is -2.43. The van der Waals surface area contributed by atoms with Gasteiger partial charge in [-0.2, -0.15) is 0 Å². The van der Waals surface area contributed by atoms with Crippen LogP contribution in [0.15, 0.2) is 24.3 Å². The molecule has 0 fully saturated rings. The molecule has 1 aliphatic carbocycles. The predicted octanol–water partition coefficient (Wildman–Crippen LogP) is 3.73. The van der Waals surface area contributed by atoms with E-state index >= 15 is 0 Å². The van der Waals surface area contributed by atoms with Crippen LogP contribution in [0.2, 0.25) is 0 Å². The zero-order chi connectivity index (χ0) is 13.0. The van der Waals surface area contributed by atoms with E-state index in [0.717, 1.165) is 44.3 Å². The summed E-state index contributed by atoms with van der Waals surface area (Å²) in [6.45, 7) is 6.62. The van der Waals surface area contributed by atoms with Gasteiger partial charge in [-0.25, -0.2) is 0 Å². The van der Waals surface area contributed by atoms with Crippen LogP contribution in [0, 0.1) is 0 Å². The minimum Gasteiger partial charge on any atom is -0.387 e. The summed E-state index contributed by atoms with van der Waals surface area (Å²) >= 11 is 0. The Labute approximate surface area is 127 Å². The Morgan fingerprint density at radius 2 is 1.79 bits per heavy atom. The first kappa shape index (κ1) is 16.7. The normalized spacial score (nSPS) is 21.9. The Balaban J connectivity index is 0.00000180. The molecule has 1 aromatic carbocycles. The van der Waals surface area contributed by atoms with Crippen LogP contribution < -0.4 is 0 Å². The molecular weight excluding hydrogens is 302 g/mol. The van der Waals surface area contributed by atoms with E-state index in [2.05, 4.69) is 36.9 Å². The lowest BCUT2D eigenvalue weighted by atomic mass is 9.85. The van der Waals surface area contributed by atoms with E-state index in [1.807, 2.05) is 6.07 Å². The number of nitrogens with zero attached hydrogens (tertiary/aromatic N) is 1. The summed E-state index contributed by atoms with van der Waals surface area (Å²) in [4.78, 5) is 2.47. The van der Waals surface area contributed by atoms with Crippen LogP contribution in [0.5, 0.6) is 0 Å². The second-order valence-electron chi connectivity index (χ2n) is 5.29. The molecule has 1 aromatic rings. The van der Waals surface area contributed by atoms with Gasteiger partial charge in [-0.05, 0) is 49.9 Å². The molecule has 108 valence electrons. The number of aliphatic hydroxyl groups is 1. The number of aliphatic hydroxyl groups excluding tert-OH is 1. The maximum atomic E-state index is 10.6. The van der Waals surface area contributed by atoms with Crippen LogP contribution in [0.25, 0.3) is 0 Å². The van der Waals surface area contributed by atoms with Crippen LogP contribution in [0.4, 0.5) is 0 Å². The lowest BCUT2D eigenvalue weighted by Gasteiger charge is -2.38. The van der Waals surface area contributed by atoms with E-state index in [9.17, 15) is 5.11 Å². The SMILES string of the molecule is Br.CCCN(CCC)C1CCc2ccccc2C1O. The van der Waals surface area contributed by atoms with Gasteiger partial charge in [0, 0.05) is 6.04 Å². The van der Waals surface area contributed by atoms with Gasteiger partial charge in [0.25, 0.3) is 0 Å². The molecule has 0 aromatic heterocycles. The van der Waals surface area contributed by atoms with Gasteiger partial charge in [0.15, 0.2) is 0 Å². The van der Waals surface area contributed by atoms with E-state index in [4.69, 9.17) is 0 Å². The highest BCUT2D eigenvalue weighted by Crippen LogP contribution is 2.32. The van der Waals surface area contributed by atoms with Crippen molar-refractivity contribution in [2.45, 2.75) is 51.7 Å². The van der Waals surface area contributed by atoms with Crippen LogP contribution in [0.3, 0.4) is 0 Å². The van der Waals surface area contributed by atoms with Crippen molar-refractivity contribution in [3.8, 4) is 0 Å². The number of fused-ring (bicyclic) bond motifs is 1. The first-order valence-corrected chi connectivity index (χ1v) is 7.27. The molecule has 0 saturated heterocycles. The second-order valence-corrected chi connectivity index (χ2v) is 5.29. The van der Waals surface area contributed by atoms with Crippen molar-refractivity contribution in [2.75, 3.05) is 13.1 Å². The van der Waals surface area contributed by atoms with E-state index in [1.165, 1.54) is 5.56 Å². The molecule has 2 unspecified atom stereocenters. The van der Waals surface area contributed by atoms with Gasteiger partial charge in [-0.15, -0.1) is 17.0 Å². The van der Waals surface area contributed by atoms with Gasteiger partial charge in [-0.1, -0.05) is 38.1 Å². The molecule has 1 N–H and O–H groups in total. The monoisotopic (exact) mass is 327 g/mol. The maximum Gasteiger partial charge on any atom is 0.0947 e. The van der Waals surface area contributed by atoms with E-state index < -0.39 is 0 Å². The third-order valence-corrected chi connectivity index (χ3v) is 3.94. The standard InChI is InChI=1S/C16H25NO.BrH/c1-3-11-17(12-4-2)15-10-9-13-7-5-6-8-14(13)16(15)18;/h5-8,15-16,18H,3-4,9-12H2,1-2H3;1H.